The Kier molecular flexibility index (Phi) is 6.45. The van der Waals surface area contributed by atoms with E-state index in [9.17, 15) is 4.57 Å². The fraction of sp³-hybridized carbons (Fsp3) is 0.238. The smallest absolute Gasteiger partial charge is 0.148 e. The molecule has 1 nitrogen and oxygen atoms in total. The number of unbranched alkanes of at least 4 members (excludes halogenated alkanes) is 2. The fourth-order valence-electron chi connectivity index (χ4n) is 2.43. The van der Waals surface area contributed by atoms with Crippen molar-refractivity contribution in [1.82, 2.24) is 0 Å². The minimum Gasteiger partial charge on any atom is -0.313 e. The molecule has 0 unspecified atom stereocenters. The molecule has 118 valence electrons. The zero-order valence-corrected chi connectivity index (χ0v) is 14.6. The first kappa shape index (κ1) is 17.3. The third-order valence-corrected chi connectivity index (χ3v) is 6.77. The first-order valence-electron chi connectivity index (χ1n) is 8.04. The van der Waals surface area contributed by atoms with Gasteiger partial charge in [0.15, 0.2) is 0 Å². The molecule has 0 aliphatic heterocycles. The van der Waals surface area contributed by atoms with Gasteiger partial charge in [0.1, 0.15) is 7.14 Å². The lowest BCUT2D eigenvalue weighted by molar-refractivity contribution is 0.588. The Morgan fingerprint density at radius 2 is 1.52 bits per heavy atom. The normalized spacial score (nSPS) is 10.7. The number of allylic oxidation sites excluding steroid dienone is 1. The molecule has 0 fully saturated rings. The molecule has 0 aliphatic rings. The highest BCUT2D eigenvalue weighted by molar-refractivity contribution is 7.78. The number of hydrogen-bond acceptors (Lipinski definition) is 1. The Hall–Kier alpha value is -2.03. The highest BCUT2D eigenvalue weighted by Gasteiger charge is 2.27. The van der Waals surface area contributed by atoms with Gasteiger partial charge in [-0.3, -0.25) is 0 Å². The van der Waals surface area contributed by atoms with E-state index in [1.54, 1.807) is 0 Å². The Morgan fingerprint density at radius 3 is 2.00 bits per heavy atom. The summed E-state index contributed by atoms with van der Waals surface area (Å²) in [6.07, 6.45) is 3.50. The van der Waals surface area contributed by atoms with Crippen molar-refractivity contribution in [1.29, 1.82) is 0 Å². The molecular formula is C21H23OP. The third kappa shape index (κ3) is 4.72. The lowest BCUT2D eigenvalue weighted by Crippen LogP contribution is -2.18. The molecule has 0 N–H and O–H groups in total. The molecule has 0 atom stereocenters. The number of rotatable bonds is 6. The van der Waals surface area contributed by atoms with E-state index in [1.165, 1.54) is 0 Å². The summed E-state index contributed by atoms with van der Waals surface area (Å²) >= 11 is 0. The zero-order valence-electron chi connectivity index (χ0n) is 13.7. The summed E-state index contributed by atoms with van der Waals surface area (Å²) < 4.78 is 13.8. The molecule has 2 aromatic carbocycles. The summed E-state index contributed by atoms with van der Waals surface area (Å²) in [7, 11) is -2.74. The van der Waals surface area contributed by atoms with E-state index in [2.05, 4.69) is 25.3 Å². The molecule has 0 spiro atoms. The van der Waals surface area contributed by atoms with Crippen molar-refractivity contribution < 1.29 is 4.57 Å². The molecular weight excluding hydrogens is 299 g/mol. The van der Waals surface area contributed by atoms with Crippen LogP contribution in [0.25, 0.3) is 0 Å². The predicted octanol–water partition coefficient (Wildman–Crippen LogP) is 4.75. The molecule has 2 rings (SSSR count). The van der Waals surface area contributed by atoms with Gasteiger partial charge in [-0.05, 0) is 6.42 Å². The first-order chi connectivity index (χ1) is 11.2. The van der Waals surface area contributed by atoms with Gasteiger partial charge in [-0.25, -0.2) is 0 Å². The van der Waals surface area contributed by atoms with Gasteiger partial charge < -0.3 is 4.57 Å². The molecule has 0 bridgehead atoms. The maximum atomic E-state index is 13.8. The molecule has 0 saturated heterocycles. The van der Waals surface area contributed by atoms with Crippen molar-refractivity contribution in [3.63, 3.8) is 0 Å². The Bertz CT molecular complexity index is 692. The SMILES string of the molecule is C=C(C#CCCCC)CP(=O)(c1ccccc1)c1ccccc1. The Labute approximate surface area is 139 Å². The standard InChI is InChI=1S/C21H23OP/c1-3-4-5-8-13-19(2)18-23(22,20-14-9-6-10-15-20)21-16-11-7-12-17-21/h6-7,9-12,14-17H,2-5,18H2,1H3. The highest BCUT2D eigenvalue weighted by atomic mass is 31.2. The summed E-state index contributed by atoms with van der Waals surface area (Å²) in [4.78, 5) is 0. The van der Waals surface area contributed by atoms with Gasteiger partial charge in [0.2, 0.25) is 0 Å². The number of benzene rings is 2. The van der Waals surface area contributed by atoms with Gasteiger partial charge in [-0.15, -0.1) is 0 Å². The first-order valence-corrected chi connectivity index (χ1v) is 9.93. The van der Waals surface area contributed by atoms with Crippen molar-refractivity contribution in [2.45, 2.75) is 26.2 Å². The van der Waals surface area contributed by atoms with Crippen LogP contribution in [-0.4, -0.2) is 6.16 Å². The summed E-state index contributed by atoms with van der Waals surface area (Å²) in [5.74, 6) is 6.24. The molecule has 2 aromatic rings. The molecule has 0 radical (unpaired) electrons. The Morgan fingerprint density at radius 1 is 1.00 bits per heavy atom. The van der Waals surface area contributed by atoms with E-state index in [0.717, 1.165) is 35.4 Å². The maximum absolute atomic E-state index is 13.8. The van der Waals surface area contributed by atoms with E-state index >= 15 is 0 Å². The summed E-state index contributed by atoms with van der Waals surface area (Å²) in [6, 6.07) is 19.4. The van der Waals surface area contributed by atoms with Crippen LogP contribution < -0.4 is 10.6 Å². The molecule has 0 aromatic heterocycles. The fourth-order valence-corrected chi connectivity index (χ4v) is 5.02. The van der Waals surface area contributed by atoms with Crippen LogP contribution in [0.4, 0.5) is 0 Å². The maximum Gasteiger partial charge on any atom is 0.148 e. The van der Waals surface area contributed by atoms with Crippen molar-refractivity contribution in [3.8, 4) is 11.8 Å². The van der Waals surface area contributed by atoms with Crippen LogP contribution in [0, 0.1) is 11.8 Å². The van der Waals surface area contributed by atoms with Crippen LogP contribution in [0.2, 0.25) is 0 Å². The monoisotopic (exact) mass is 322 g/mol. The van der Waals surface area contributed by atoms with E-state index < -0.39 is 7.14 Å². The van der Waals surface area contributed by atoms with Gasteiger partial charge >= 0.3 is 0 Å². The second-order valence-electron chi connectivity index (χ2n) is 5.58. The summed E-state index contributed by atoms with van der Waals surface area (Å²) in [5.41, 5.74) is 0.747. The molecule has 0 aliphatic carbocycles. The van der Waals surface area contributed by atoms with Gasteiger partial charge in [0, 0.05) is 28.8 Å². The zero-order chi connectivity index (χ0) is 16.5. The quantitative estimate of drug-likeness (QED) is 0.426. The second kappa shape index (κ2) is 8.56. The van der Waals surface area contributed by atoms with Gasteiger partial charge in [0.05, 0.1) is 0 Å². The van der Waals surface area contributed by atoms with Crippen LogP contribution in [-0.2, 0) is 4.57 Å². The minimum absolute atomic E-state index is 0.403. The molecule has 0 saturated carbocycles. The van der Waals surface area contributed by atoms with Crippen LogP contribution >= 0.6 is 7.14 Å². The molecule has 23 heavy (non-hydrogen) atoms. The third-order valence-electron chi connectivity index (χ3n) is 3.68. The van der Waals surface area contributed by atoms with E-state index in [-0.39, 0.29) is 0 Å². The van der Waals surface area contributed by atoms with Crippen molar-refractivity contribution >= 4 is 17.8 Å². The van der Waals surface area contributed by atoms with Crippen molar-refractivity contribution in [2.24, 2.45) is 0 Å². The van der Waals surface area contributed by atoms with E-state index in [4.69, 9.17) is 0 Å². The average Bonchev–Trinajstić information content (AvgIpc) is 2.60. The van der Waals surface area contributed by atoms with Gasteiger partial charge in [-0.1, -0.05) is 92.4 Å². The lowest BCUT2D eigenvalue weighted by Gasteiger charge is -2.19. The van der Waals surface area contributed by atoms with Crippen molar-refractivity contribution in [2.75, 3.05) is 6.16 Å². The van der Waals surface area contributed by atoms with E-state index in [0.29, 0.717) is 6.16 Å². The highest BCUT2D eigenvalue weighted by Crippen LogP contribution is 2.44. The van der Waals surface area contributed by atoms with Crippen LogP contribution in [0.1, 0.15) is 26.2 Å². The molecule has 0 heterocycles. The minimum atomic E-state index is -2.74. The van der Waals surface area contributed by atoms with Crippen LogP contribution in [0.5, 0.6) is 0 Å². The Balaban J connectivity index is 2.30. The second-order valence-corrected chi connectivity index (χ2v) is 8.41. The largest absolute Gasteiger partial charge is 0.313 e. The number of hydrogen-bond donors (Lipinski definition) is 0. The topological polar surface area (TPSA) is 17.1 Å². The van der Waals surface area contributed by atoms with Crippen LogP contribution in [0.3, 0.4) is 0 Å². The van der Waals surface area contributed by atoms with Gasteiger partial charge in [-0.2, -0.15) is 0 Å². The predicted molar refractivity (Wildman–Crippen MR) is 101 cm³/mol. The van der Waals surface area contributed by atoms with E-state index in [1.807, 2.05) is 60.7 Å². The average molecular weight is 322 g/mol. The van der Waals surface area contributed by atoms with Gasteiger partial charge in [0.25, 0.3) is 0 Å². The van der Waals surface area contributed by atoms with Crippen molar-refractivity contribution in [3.05, 3.63) is 72.8 Å². The summed E-state index contributed by atoms with van der Waals surface area (Å²) in [5, 5.41) is 1.73. The lowest BCUT2D eigenvalue weighted by atomic mass is 10.2. The summed E-state index contributed by atoms with van der Waals surface area (Å²) in [6.45, 7) is 6.19. The molecule has 2 heteroatoms. The van der Waals surface area contributed by atoms with Crippen LogP contribution in [0.15, 0.2) is 72.8 Å². The molecule has 0 amide bonds.